The summed E-state index contributed by atoms with van der Waals surface area (Å²) in [5.74, 6) is 1.22. The van der Waals surface area contributed by atoms with Crippen molar-refractivity contribution in [3.63, 3.8) is 0 Å². The summed E-state index contributed by atoms with van der Waals surface area (Å²) in [5, 5.41) is 0. The molecule has 14 heavy (non-hydrogen) atoms. The van der Waals surface area contributed by atoms with Crippen LogP contribution >= 0.6 is 11.8 Å². The maximum absolute atomic E-state index is 5.80. The first-order valence-corrected chi connectivity index (χ1v) is 7.01. The Balaban J connectivity index is 4.13. The smallest absolute Gasteiger partial charge is 0.0218 e. The SMILES string of the molecule is CCCC(CN)N(C)C(CC)CSC. The maximum Gasteiger partial charge on any atom is 0.0218 e. The topological polar surface area (TPSA) is 29.3 Å². The zero-order valence-corrected chi connectivity index (χ0v) is 10.9. The van der Waals surface area contributed by atoms with Gasteiger partial charge in [-0.25, -0.2) is 0 Å². The van der Waals surface area contributed by atoms with Gasteiger partial charge in [0.25, 0.3) is 0 Å². The molecule has 2 N–H and O–H groups in total. The summed E-state index contributed by atoms with van der Waals surface area (Å²) in [5.41, 5.74) is 5.80. The molecule has 0 aliphatic rings. The summed E-state index contributed by atoms with van der Waals surface area (Å²) in [4.78, 5) is 2.47. The van der Waals surface area contributed by atoms with Gasteiger partial charge in [0.1, 0.15) is 0 Å². The van der Waals surface area contributed by atoms with E-state index in [1.165, 1.54) is 25.0 Å². The van der Waals surface area contributed by atoms with Crippen LogP contribution in [0.3, 0.4) is 0 Å². The van der Waals surface area contributed by atoms with Gasteiger partial charge in [-0.05, 0) is 26.1 Å². The van der Waals surface area contributed by atoms with Crippen LogP contribution in [0.15, 0.2) is 0 Å². The van der Waals surface area contributed by atoms with Gasteiger partial charge in [0.05, 0.1) is 0 Å². The fourth-order valence-electron chi connectivity index (χ4n) is 1.83. The Morgan fingerprint density at radius 3 is 2.29 bits per heavy atom. The molecule has 0 saturated heterocycles. The third kappa shape index (κ3) is 4.67. The van der Waals surface area contributed by atoms with Gasteiger partial charge in [-0.3, -0.25) is 4.90 Å². The van der Waals surface area contributed by atoms with Crippen molar-refractivity contribution in [3.8, 4) is 0 Å². The van der Waals surface area contributed by atoms with Crippen LogP contribution in [-0.4, -0.2) is 42.6 Å². The summed E-state index contributed by atoms with van der Waals surface area (Å²) >= 11 is 1.93. The highest BCUT2D eigenvalue weighted by atomic mass is 32.2. The van der Waals surface area contributed by atoms with Crippen molar-refractivity contribution in [1.29, 1.82) is 0 Å². The number of hydrogen-bond acceptors (Lipinski definition) is 3. The van der Waals surface area contributed by atoms with Gasteiger partial charge in [-0.1, -0.05) is 20.3 Å². The van der Waals surface area contributed by atoms with Gasteiger partial charge < -0.3 is 5.73 Å². The van der Waals surface area contributed by atoms with Crippen molar-refractivity contribution in [1.82, 2.24) is 4.90 Å². The molecule has 2 unspecified atom stereocenters. The van der Waals surface area contributed by atoms with E-state index in [0.717, 1.165) is 6.54 Å². The first-order chi connectivity index (χ1) is 6.71. The third-order valence-electron chi connectivity index (χ3n) is 2.88. The number of nitrogens with zero attached hydrogens (tertiary/aromatic N) is 1. The van der Waals surface area contributed by atoms with Gasteiger partial charge in [0, 0.05) is 24.4 Å². The fourth-order valence-corrected chi connectivity index (χ4v) is 2.69. The minimum absolute atomic E-state index is 0.567. The van der Waals surface area contributed by atoms with E-state index in [9.17, 15) is 0 Å². The van der Waals surface area contributed by atoms with Gasteiger partial charge in [0.2, 0.25) is 0 Å². The van der Waals surface area contributed by atoms with E-state index in [4.69, 9.17) is 5.73 Å². The minimum Gasteiger partial charge on any atom is -0.329 e. The van der Waals surface area contributed by atoms with Gasteiger partial charge >= 0.3 is 0 Å². The van der Waals surface area contributed by atoms with E-state index < -0.39 is 0 Å². The molecule has 0 aliphatic carbocycles. The molecular weight excluding hydrogens is 192 g/mol. The van der Waals surface area contributed by atoms with Crippen molar-refractivity contribution < 1.29 is 0 Å². The lowest BCUT2D eigenvalue weighted by atomic mass is 10.1. The summed E-state index contributed by atoms with van der Waals surface area (Å²) in [6.45, 7) is 5.28. The fraction of sp³-hybridized carbons (Fsp3) is 1.00. The van der Waals surface area contributed by atoms with Crippen LogP contribution in [0.2, 0.25) is 0 Å². The van der Waals surface area contributed by atoms with Crippen LogP contribution in [0, 0.1) is 0 Å². The number of nitrogens with two attached hydrogens (primary N) is 1. The van der Waals surface area contributed by atoms with Crippen molar-refractivity contribution in [2.45, 2.75) is 45.2 Å². The average molecular weight is 218 g/mol. The lowest BCUT2D eigenvalue weighted by Crippen LogP contribution is -2.45. The zero-order valence-electron chi connectivity index (χ0n) is 10.1. The van der Waals surface area contributed by atoms with Crippen LogP contribution in [0.4, 0.5) is 0 Å². The van der Waals surface area contributed by atoms with E-state index in [1.54, 1.807) is 0 Å². The standard InChI is InChI=1S/C11H26N2S/c1-5-7-11(8-12)13(3)10(6-2)9-14-4/h10-11H,5-9,12H2,1-4H3. The molecule has 0 radical (unpaired) electrons. The largest absolute Gasteiger partial charge is 0.329 e. The summed E-state index contributed by atoms with van der Waals surface area (Å²) in [7, 11) is 2.22. The predicted molar refractivity (Wildman–Crippen MR) is 68.0 cm³/mol. The average Bonchev–Trinajstić information content (AvgIpc) is 2.21. The van der Waals surface area contributed by atoms with E-state index in [0.29, 0.717) is 12.1 Å². The zero-order chi connectivity index (χ0) is 11.0. The maximum atomic E-state index is 5.80. The molecule has 0 bridgehead atoms. The molecule has 0 heterocycles. The summed E-state index contributed by atoms with van der Waals surface area (Å²) < 4.78 is 0. The number of likely N-dealkylation sites (N-methyl/N-ethyl adjacent to an activating group) is 1. The van der Waals surface area contributed by atoms with E-state index in [1.807, 2.05) is 11.8 Å². The first-order valence-electron chi connectivity index (χ1n) is 5.62. The van der Waals surface area contributed by atoms with Crippen LogP contribution in [-0.2, 0) is 0 Å². The molecule has 0 aliphatic heterocycles. The normalized spacial score (nSPS) is 15.9. The molecule has 3 heteroatoms. The Bertz CT molecular complexity index is 116. The van der Waals surface area contributed by atoms with Crippen LogP contribution in [0.5, 0.6) is 0 Å². The van der Waals surface area contributed by atoms with E-state index >= 15 is 0 Å². The Morgan fingerprint density at radius 1 is 1.29 bits per heavy atom. The highest BCUT2D eigenvalue weighted by Crippen LogP contribution is 2.13. The first kappa shape index (κ1) is 14.3. The quantitative estimate of drug-likeness (QED) is 0.677. The number of rotatable bonds is 8. The highest BCUT2D eigenvalue weighted by molar-refractivity contribution is 7.98. The minimum atomic E-state index is 0.567. The molecule has 0 rings (SSSR count). The number of thioether (sulfide) groups is 1. The molecule has 2 atom stereocenters. The lowest BCUT2D eigenvalue weighted by Gasteiger charge is -2.33. The molecule has 0 amide bonds. The van der Waals surface area contributed by atoms with Gasteiger partial charge in [0.15, 0.2) is 0 Å². The van der Waals surface area contributed by atoms with Crippen LogP contribution < -0.4 is 5.73 Å². The van der Waals surface area contributed by atoms with Gasteiger partial charge in [-0.2, -0.15) is 11.8 Å². The van der Waals surface area contributed by atoms with Crippen molar-refractivity contribution in [2.24, 2.45) is 5.73 Å². The predicted octanol–water partition coefficient (Wildman–Crippen LogP) is 2.19. The van der Waals surface area contributed by atoms with Gasteiger partial charge in [-0.15, -0.1) is 0 Å². The Hall–Kier alpha value is 0.270. The van der Waals surface area contributed by atoms with E-state index in [2.05, 4.69) is 32.1 Å². The van der Waals surface area contributed by atoms with Crippen LogP contribution in [0.25, 0.3) is 0 Å². The molecule has 2 nitrogen and oxygen atoms in total. The molecule has 0 fully saturated rings. The lowest BCUT2D eigenvalue weighted by molar-refractivity contribution is 0.177. The second-order valence-corrected chi connectivity index (χ2v) is 4.77. The molecule has 0 aromatic rings. The van der Waals surface area contributed by atoms with Crippen molar-refractivity contribution in [3.05, 3.63) is 0 Å². The highest BCUT2D eigenvalue weighted by Gasteiger charge is 2.19. The summed E-state index contributed by atoms with van der Waals surface area (Å²) in [6.07, 6.45) is 5.84. The monoisotopic (exact) mass is 218 g/mol. The van der Waals surface area contributed by atoms with Crippen LogP contribution in [0.1, 0.15) is 33.1 Å². The third-order valence-corrected chi connectivity index (χ3v) is 3.59. The Labute approximate surface area is 93.6 Å². The second kappa shape index (κ2) is 8.57. The molecule has 86 valence electrons. The molecular formula is C11H26N2S. The molecule has 0 aromatic carbocycles. The molecule has 0 aromatic heterocycles. The molecule has 0 saturated carbocycles. The summed E-state index contributed by atoms with van der Waals surface area (Å²) in [6, 6.07) is 1.25. The van der Waals surface area contributed by atoms with Crippen molar-refractivity contribution >= 4 is 11.8 Å². The van der Waals surface area contributed by atoms with E-state index in [-0.39, 0.29) is 0 Å². The number of hydrogen-bond donors (Lipinski definition) is 1. The Kier molecular flexibility index (Phi) is 8.73. The Morgan fingerprint density at radius 2 is 1.93 bits per heavy atom. The van der Waals surface area contributed by atoms with Crippen molar-refractivity contribution in [2.75, 3.05) is 25.6 Å². The molecule has 0 spiro atoms. The second-order valence-electron chi connectivity index (χ2n) is 3.86.